The van der Waals surface area contributed by atoms with Crippen molar-refractivity contribution in [1.82, 2.24) is 14.8 Å². The largest absolute Gasteiger partial charge is 0.451 e. The summed E-state index contributed by atoms with van der Waals surface area (Å²) in [5, 5.41) is 4.80. The number of para-hydroxylation sites is 1. The van der Waals surface area contributed by atoms with Crippen molar-refractivity contribution in [2.75, 3.05) is 0 Å². The second kappa shape index (κ2) is 6.18. The molecule has 2 heterocycles. The van der Waals surface area contributed by atoms with E-state index in [1.54, 1.807) is 41.1 Å². The van der Waals surface area contributed by atoms with E-state index in [2.05, 4.69) is 22.7 Å². The van der Waals surface area contributed by atoms with Crippen molar-refractivity contribution in [2.45, 2.75) is 11.4 Å². The third-order valence-electron chi connectivity index (χ3n) is 3.77. The second-order valence-corrected chi connectivity index (χ2v) is 5.94. The van der Waals surface area contributed by atoms with Gasteiger partial charge in [-0.1, -0.05) is 24.3 Å². The van der Waals surface area contributed by atoms with Gasteiger partial charge < -0.3 is 4.42 Å². The summed E-state index contributed by atoms with van der Waals surface area (Å²) in [6.45, 7) is 0.424. The van der Waals surface area contributed by atoms with E-state index >= 15 is 0 Å². The first-order chi connectivity index (χ1) is 12.1. The van der Waals surface area contributed by atoms with Gasteiger partial charge in [-0.25, -0.2) is 14.1 Å². The molecule has 0 aliphatic heterocycles. The number of halogens is 1. The van der Waals surface area contributed by atoms with E-state index < -0.39 is 0 Å². The summed E-state index contributed by atoms with van der Waals surface area (Å²) in [6.07, 6.45) is 1.53. The molecule has 0 saturated carbocycles. The Morgan fingerprint density at radius 3 is 2.68 bits per heavy atom. The minimum Gasteiger partial charge on any atom is -0.451 e. The molecule has 0 N–H and O–H groups in total. The van der Waals surface area contributed by atoms with Crippen LogP contribution in [0.25, 0.3) is 22.6 Å². The number of fused-ring (bicyclic) bond motifs is 1. The lowest BCUT2D eigenvalue weighted by Crippen LogP contribution is -2.05. The monoisotopic (exact) mass is 353 g/mol. The van der Waals surface area contributed by atoms with Crippen molar-refractivity contribution in [3.8, 4) is 11.6 Å². The van der Waals surface area contributed by atoms with Crippen molar-refractivity contribution < 1.29 is 8.81 Å². The van der Waals surface area contributed by atoms with Crippen LogP contribution in [0.5, 0.6) is 0 Å². The Labute approximate surface area is 147 Å². The molecule has 4 rings (SSSR count). The number of aromatic nitrogens is 3. The van der Waals surface area contributed by atoms with E-state index in [1.807, 2.05) is 0 Å². The van der Waals surface area contributed by atoms with Crippen LogP contribution in [0.15, 0.2) is 69.0 Å². The molecule has 2 aromatic carbocycles. The van der Waals surface area contributed by atoms with Crippen molar-refractivity contribution >= 4 is 23.6 Å². The van der Waals surface area contributed by atoms with E-state index in [-0.39, 0.29) is 27.7 Å². The van der Waals surface area contributed by atoms with E-state index in [1.165, 1.54) is 18.5 Å². The second-order valence-electron chi connectivity index (χ2n) is 5.50. The van der Waals surface area contributed by atoms with Crippen molar-refractivity contribution in [2.24, 2.45) is 0 Å². The van der Waals surface area contributed by atoms with Gasteiger partial charge >= 0.3 is 0 Å². The maximum atomic E-state index is 13.0. The molecule has 7 heteroatoms. The van der Waals surface area contributed by atoms with Gasteiger partial charge in [0.2, 0.25) is 11.3 Å². The van der Waals surface area contributed by atoms with Gasteiger partial charge in [0.15, 0.2) is 5.76 Å². The minimum absolute atomic E-state index is 0.165. The molecule has 25 heavy (non-hydrogen) atoms. The Kier molecular flexibility index (Phi) is 3.85. The van der Waals surface area contributed by atoms with E-state index in [0.717, 1.165) is 5.56 Å². The maximum Gasteiger partial charge on any atom is 0.218 e. The van der Waals surface area contributed by atoms with Crippen molar-refractivity contribution in [1.29, 1.82) is 0 Å². The lowest BCUT2D eigenvalue weighted by molar-refractivity contribution is 0.595. The molecule has 5 nitrogen and oxygen atoms in total. The van der Waals surface area contributed by atoms with Crippen LogP contribution in [-0.2, 0) is 6.54 Å². The highest BCUT2D eigenvalue weighted by Gasteiger charge is 2.16. The fourth-order valence-electron chi connectivity index (χ4n) is 2.54. The van der Waals surface area contributed by atoms with Crippen LogP contribution in [0.3, 0.4) is 0 Å². The first kappa shape index (κ1) is 15.6. The molecule has 0 aliphatic rings. The highest BCUT2D eigenvalue weighted by molar-refractivity contribution is 7.80. The van der Waals surface area contributed by atoms with Gasteiger partial charge in [-0.05, 0) is 29.8 Å². The van der Waals surface area contributed by atoms with Crippen LogP contribution in [0.2, 0.25) is 0 Å². The summed E-state index contributed by atoms with van der Waals surface area (Å²) in [7, 11) is 0. The molecule has 124 valence electrons. The number of thiol groups is 1. The van der Waals surface area contributed by atoms with E-state index in [9.17, 15) is 9.18 Å². The molecule has 2 aromatic heterocycles. The van der Waals surface area contributed by atoms with E-state index in [0.29, 0.717) is 17.5 Å². The molecule has 0 spiro atoms. The van der Waals surface area contributed by atoms with Gasteiger partial charge in [0.1, 0.15) is 17.7 Å². The molecule has 0 atom stereocenters. The Hall–Kier alpha value is -2.93. The van der Waals surface area contributed by atoms with E-state index in [4.69, 9.17) is 4.42 Å². The normalized spacial score (nSPS) is 11.1. The van der Waals surface area contributed by atoms with Gasteiger partial charge in [-0.15, -0.1) is 17.7 Å². The zero-order valence-electron chi connectivity index (χ0n) is 12.9. The quantitative estimate of drug-likeness (QED) is 0.573. The van der Waals surface area contributed by atoms with Crippen LogP contribution >= 0.6 is 12.6 Å². The first-order valence-corrected chi connectivity index (χ1v) is 7.95. The van der Waals surface area contributed by atoms with Crippen LogP contribution in [0.4, 0.5) is 4.39 Å². The molecule has 0 fully saturated rings. The Morgan fingerprint density at radius 1 is 1.12 bits per heavy atom. The fourth-order valence-corrected chi connectivity index (χ4v) is 2.80. The van der Waals surface area contributed by atoms with Gasteiger partial charge in [0.05, 0.1) is 16.8 Å². The maximum absolute atomic E-state index is 13.0. The summed E-state index contributed by atoms with van der Waals surface area (Å²) in [5.41, 5.74) is 1.11. The lowest BCUT2D eigenvalue weighted by atomic mass is 10.2. The molecule has 0 saturated heterocycles. The van der Waals surface area contributed by atoms with Crippen molar-refractivity contribution in [3.05, 3.63) is 76.5 Å². The summed E-state index contributed by atoms with van der Waals surface area (Å²) in [6, 6.07) is 13.1. The van der Waals surface area contributed by atoms with Crippen LogP contribution < -0.4 is 5.43 Å². The molecule has 0 radical (unpaired) electrons. The van der Waals surface area contributed by atoms with Crippen LogP contribution in [0.1, 0.15) is 5.56 Å². The summed E-state index contributed by atoms with van der Waals surface area (Å²) >= 11 is 4.28. The third-order valence-corrected chi connectivity index (χ3v) is 4.18. The Bertz CT molecular complexity index is 1120. The number of hydrogen-bond donors (Lipinski definition) is 1. The third kappa shape index (κ3) is 2.94. The number of hydrogen-bond acceptors (Lipinski definition) is 5. The summed E-state index contributed by atoms with van der Waals surface area (Å²) < 4.78 is 20.3. The zero-order valence-corrected chi connectivity index (χ0v) is 13.8. The summed E-state index contributed by atoms with van der Waals surface area (Å²) in [4.78, 5) is 16.8. The Morgan fingerprint density at radius 2 is 1.88 bits per heavy atom. The summed E-state index contributed by atoms with van der Waals surface area (Å²) in [5.74, 6) is 0.209. The smallest absolute Gasteiger partial charge is 0.218 e. The molecule has 0 amide bonds. The van der Waals surface area contributed by atoms with Gasteiger partial charge in [0.25, 0.3) is 0 Å². The molecule has 4 aromatic rings. The molecule has 0 bridgehead atoms. The predicted molar refractivity (Wildman–Crippen MR) is 94.3 cm³/mol. The topological polar surface area (TPSA) is 60.9 Å². The molecule has 0 aliphatic carbocycles. The van der Waals surface area contributed by atoms with Gasteiger partial charge in [-0.3, -0.25) is 4.79 Å². The van der Waals surface area contributed by atoms with Crippen molar-refractivity contribution in [3.63, 3.8) is 0 Å². The molecular weight excluding hydrogens is 341 g/mol. The first-order valence-electron chi connectivity index (χ1n) is 7.51. The van der Waals surface area contributed by atoms with Crippen LogP contribution in [0, 0.1) is 5.82 Å². The SMILES string of the molecule is O=c1c(S)c(-c2ncn(Cc3ccc(F)cc3)n2)oc2ccccc12. The number of benzene rings is 2. The van der Waals surface area contributed by atoms with Crippen LogP contribution in [-0.4, -0.2) is 14.8 Å². The van der Waals surface area contributed by atoms with Gasteiger partial charge in [0, 0.05) is 0 Å². The highest BCUT2D eigenvalue weighted by atomic mass is 32.1. The highest BCUT2D eigenvalue weighted by Crippen LogP contribution is 2.25. The zero-order chi connectivity index (χ0) is 17.4. The predicted octanol–water partition coefficient (Wildman–Crippen LogP) is 3.53. The molecular formula is C18H12FN3O2S. The Balaban J connectivity index is 1.72. The number of rotatable bonds is 3. The fraction of sp³-hybridized carbons (Fsp3) is 0.0556. The molecule has 0 unspecified atom stereocenters. The lowest BCUT2D eigenvalue weighted by Gasteiger charge is -2.03. The average Bonchev–Trinajstić information content (AvgIpc) is 3.08. The standard InChI is InChI=1S/C18H12FN3O2S/c19-12-7-5-11(6-8-12)9-22-10-20-18(21-22)16-17(25)15(23)13-3-1-2-4-14(13)24-16/h1-8,10,25H,9H2. The number of nitrogens with zero attached hydrogens (tertiary/aromatic N) is 3. The van der Waals surface area contributed by atoms with Gasteiger partial charge in [-0.2, -0.15) is 0 Å². The average molecular weight is 353 g/mol. The minimum atomic E-state index is -0.291.